The van der Waals surface area contributed by atoms with Crippen LogP contribution in [0.5, 0.6) is 0 Å². The second-order valence-corrected chi connectivity index (χ2v) is 8.13. The third-order valence-corrected chi connectivity index (χ3v) is 5.51. The summed E-state index contributed by atoms with van der Waals surface area (Å²) in [6.45, 7) is 5.17. The van der Waals surface area contributed by atoms with E-state index < -0.39 is 12.1 Å². The van der Waals surface area contributed by atoms with Crippen molar-refractivity contribution in [1.82, 2.24) is 34.7 Å². The molecule has 0 spiro atoms. The number of nitrogens with zero attached hydrogens (tertiary/aromatic N) is 6. The summed E-state index contributed by atoms with van der Waals surface area (Å²) < 4.78 is 35.7. The van der Waals surface area contributed by atoms with Crippen LogP contribution in [0.4, 0.5) is 18.0 Å². The lowest BCUT2D eigenvalue weighted by atomic mass is 10.1. The third kappa shape index (κ3) is 6.94. The Hall–Kier alpha value is -3.09. The van der Waals surface area contributed by atoms with E-state index in [1.54, 1.807) is 0 Å². The molecule has 4 rings (SSSR count). The molecule has 13 heteroatoms. The van der Waals surface area contributed by atoms with E-state index in [0.29, 0.717) is 6.54 Å². The summed E-state index contributed by atoms with van der Waals surface area (Å²) in [6, 6.07) is 2.45. The summed E-state index contributed by atoms with van der Waals surface area (Å²) in [6.07, 6.45) is 3.91. The average Bonchev–Trinajstić information content (AvgIpc) is 3.49. The minimum absolute atomic E-state index is 0.0752. The fourth-order valence-corrected chi connectivity index (χ4v) is 3.99. The van der Waals surface area contributed by atoms with Crippen LogP contribution in [0.15, 0.2) is 24.7 Å². The number of carboxylic acid groups (broad SMARTS) is 1. The number of nitrogens with one attached hydrogen (secondary N) is 1. The van der Waals surface area contributed by atoms with Crippen molar-refractivity contribution in [3.05, 3.63) is 35.9 Å². The van der Waals surface area contributed by atoms with Gasteiger partial charge >= 0.3 is 18.2 Å². The van der Waals surface area contributed by atoms with Crippen LogP contribution in [0, 0.1) is 0 Å². The molecule has 2 amide bonds. The van der Waals surface area contributed by atoms with Crippen LogP contribution in [0.1, 0.15) is 36.6 Å². The molecule has 33 heavy (non-hydrogen) atoms. The van der Waals surface area contributed by atoms with E-state index in [9.17, 15) is 18.0 Å². The molecule has 1 fully saturated rings. The highest BCUT2D eigenvalue weighted by atomic mass is 19.4. The van der Waals surface area contributed by atoms with Gasteiger partial charge in [-0.3, -0.25) is 14.3 Å². The first-order valence-electron chi connectivity index (χ1n) is 10.7. The lowest BCUT2D eigenvalue weighted by Crippen LogP contribution is -2.41. The van der Waals surface area contributed by atoms with Crippen molar-refractivity contribution >= 4 is 12.0 Å². The Morgan fingerprint density at radius 1 is 1.24 bits per heavy atom. The number of amides is 2. The topological polar surface area (TPSA) is 109 Å². The zero-order valence-electron chi connectivity index (χ0n) is 18.3. The number of carbonyl (C=O) groups excluding carboxylic acids is 1. The molecule has 1 saturated heterocycles. The van der Waals surface area contributed by atoms with Gasteiger partial charge in [0.05, 0.1) is 17.9 Å². The average molecular weight is 471 g/mol. The molecule has 1 unspecified atom stereocenters. The SMILES string of the molecule is Cn1cc(CN2Cc3ccnn3C(CCNC(=O)N3CCCC3)C2)cn1.O=C(O)C(F)(F)F. The molecule has 2 aliphatic heterocycles. The number of urea groups is 1. The molecule has 0 bridgehead atoms. The number of aryl methyl sites for hydroxylation is 1. The summed E-state index contributed by atoms with van der Waals surface area (Å²) in [5.41, 5.74) is 2.46. The maximum absolute atomic E-state index is 12.2. The Morgan fingerprint density at radius 3 is 2.55 bits per heavy atom. The van der Waals surface area contributed by atoms with Gasteiger partial charge in [0.1, 0.15) is 0 Å². The van der Waals surface area contributed by atoms with Gasteiger partial charge in [0.15, 0.2) is 0 Å². The number of halogens is 3. The predicted molar refractivity (Wildman–Crippen MR) is 111 cm³/mol. The molecule has 0 aromatic carbocycles. The number of fused-ring (bicyclic) bond motifs is 1. The van der Waals surface area contributed by atoms with Gasteiger partial charge < -0.3 is 15.3 Å². The lowest BCUT2D eigenvalue weighted by Gasteiger charge is -2.33. The third-order valence-electron chi connectivity index (χ3n) is 5.51. The monoisotopic (exact) mass is 471 g/mol. The Labute approximate surface area is 188 Å². The fraction of sp³-hybridized carbons (Fsp3) is 0.600. The second-order valence-electron chi connectivity index (χ2n) is 8.13. The number of alkyl halides is 3. The summed E-state index contributed by atoms with van der Waals surface area (Å²) in [5, 5.41) is 19.0. The number of likely N-dealkylation sites (tertiary alicyclic amines) is 1. The van der Waals surface area contributed by atoms with Crippen LogP contribution < -0.4 is 5.32 Å². The molecular weight excluding hydrogens is 443 g/mol. The highest BCUT2D eigenvalue weighted by Gasteiger charge is 2.38. The summed E-state index contributed by atoms with van der Waals surface area (Å²) in [7, 11) is 1.95. The van der Waals surface area contributed by atoms with Crippen LogP contribution in [-0.2, 0) is 24.9 Å². The first kappa shape index (κ1) is 24.6. The number of hydrogen-bond donors (Lipinski definition) is 2. The van der Waals surface area contributed by atoms with Gasteiger partial charge in [0.2, 0.25) is 0 Å². The van der Waals surface area contributed by atoms with Gasteiger partial charge in [0, 0.05) is 64.3 Å². The van der Waals surface area contributed by atoms with E-state index in [4.69, 9.17) is 9.90 Å². The van der Waals surface area contributed by atoms with E-state index in [1.807, 2.05) is 29.0 Å². The molecule has 2 aromatic rings. The van der Waals surface area contributed by atoms with Crippen LogP contribution in [0.25, 0.3) is 0 Å². The molecule has 10 nitrogen and oxygen atoms in total. The Bertz CT molecular complexity index is 937. The molecule has 2 aliphatic rings. The molecule has 2 aromatic heterocycles. The molecular formula is C20H28F3N7O3. The minimum Gasteiger partial charge on any atom is -0.475 e. The first-order valence-corrected chi connectivity index (χ1v) is 10.7. The molecule has 182 valence electrons. The van der Waals surface area contributed by atoms with Gasteiger partial charge in [-0.15, -0.1) is 0 Å². The molecule has 0 saturated carbocycles. The smallest absolute Gasteiger partial charge is 0.475 e. The van der Waals surface area contributed by atoms with E-state index >= 15 is 0 Å². The van der Waals surface area contributed by atoms with Crippen molar-refractivity contribution in [3.8, 4) is 0 Å². The number of aromatic nitrogens is 4. The normalized spacial score (nSPS) is 18.4. The van der Waals surface area contributed by atoms with Crippen molar-refractivity contribution in [1.29, 1.82) is 0 Å². The number of hydrogen-bond acceptors (Lipinski definition) is 5. The van der Waals surface area contributed by atoms with Gasteiger partial charge in [-0.25, -0.2) is 9.59 Å². The Morgan fingerprint density at radius 2 is 1.94 bits per heavy atom. The van der Waals surface area contributed by atoms with Gasteiger partial charge in [-0.05, 0) is 25.3 Å². The highest BCUT2D eigenvalue weighted by Crippen LogP contribution is 2.24. The summed E-state index contributed by atoms with van der Waals surface area (Å²) in [4.78, 5) is 25.4. The van der Waals surface area contributed by atoms with Crippen molar-refractivity contribution in [2.75, 3.05) is 26.2 Å². The van der Waals surface area contributed by atoms with E-state index in [0.717, 1.165) is 52.0 Å². The number of rotatable bonds is 5. The van der Waals surface area contributed by atoms with E-state index in [2.05, 4.69) is 37.4 Å². The molecule has 4 heterocycles. The van der Waals surface area contributed by atoms with Crippen LogP contribution >= 0.6 is 0 Å². The van der Waals surface area contributed by atoms with Crippen LogP contribution in [-0.4, -0.2) is 78.8 Å². The minimum atomic E-state index is -5.08. The first-order chi connectivity index (χ1) is 15.6. The van der Waals surface area contributed by atoms with Crippen LogP contribution in [0.2, 0.25) is 0 Å². The van der Waals surface area contributed by atoms with Gasteiger partial charge in [0.25, 0.3) is 0 Å². The number of aliphatic carboxylic acids is 1. The number of carboxylic acids is 1. The quantitative estimate of drug-likeness (QED) is 0.691. The van der Waals surface area contributed by atoms with Gasteiger partial charge in [-0.1, -0.05) is 0 Å². The van der Waals surface area contributed by atoms with E-state index in [-0.39, 0.29) is 12.1 Å². The fourth-order valence-electron chi connectivity index (χ4n) is 3.99. The Kier molecular flexibility index (Phi) is 7.95. The van der Waals surface area contributed by atoms with E-state index in [1.165, 1.54) is 11.3 Å². The van der Waals surface area contributed by atoms with Crippen molar-refractivity contribution in [3.63, 3.8) is 0 Å². The Balaban J connectivity index is 0.000000383. The highest BCUT2D eigenvalue weighted by molar-refractivity contribution is 5.74. The largest absolute Gasteiger partial charge is 0.490 e. The zero-order valence-corrected chi connectivity index (χ0v) is 18.3. The zero-order chi connectivity index (χ0) is 24.0. The molecule has 2 N–H and O–H groups in total. The van der Waals surface area contributed by atoms with Gasteiger partial charge in [-0.2, -0.15) is 23.4 Å². The van der Waals surface area contributed by atoms with Crippen molar-refractivity contribution in [2.45, 2.75) is 44.6 Å². The molecule has 0 aliphatic carbocycles. The maximum atomic E-state index is 12.2. The predicted octanol–water partition coefficient (Wildman–Crippen LogP) is 2.00. The van der Waals surface area contributed by atoms with Crippen LogP contribution in [0.3, 0.4) is 0 Å². The summed E-state index contributed by atoms with van der Waals surface area (Å²) in [5.74, 6) is -2.76. The molecule has 1 atom stereocenters. The standard InChI is InChI=1S/C18H27N7O.C2HF3O2/c1-22-11-15(10-21-22)12-23-13-16(25-17(14-23)5-7-20-25)4-6-19-18(26)24-8-2-3-9-24;3-2(4,5)1(6)7/h5,7,10-11,16H,2-4,6,8-9,12-14H2,1H3,(H,19,26);(H,6,7). The molecule has 0 radical (unpaired) electrons. The maximum Gasteiger partial charge on any atom is 0.490 e. The second kappa shape index (κ2) is 10.7. The summed E-state index contributed by atoms with van der Waals surface area (Å²) >= 11 is 0. The lowest BCUT2D eigenvalue weighted by molar-refractivity contribution is -0.192. The van der Waals surface area contributed by atoms with Crippen molar-refractivity contribution < 1.29 is 27.9 Å². The number of carbonyl (C=O) groups is 2. The van der Waals surface area contributed by atoms with Crippen molar-refractivity contribution in [2.24, 2.45) is 7.05 Å².